The molecule has 2 aliphatic carbocycles. The van der Waals surface area contributed by atoms with Crippen LogP contribution in [0.1, 0.15) is 61.1 Å². The molecule has 1 aromatic heterocycles. The zero-order chi connectivity index (χ0) is 29.1. The molecule has 0 amide bonds. The van der Waals surface area contributed by atoms with Crippen LogP contribution >= 0.6 is 11.3 Å². The Balaban J connectivity index is 1.39. The number of hydrogen-bond acceptors (Lipinski definition) is 3. The number of fused-ring (bicyclic) bond motifs is 12. The third kappa shape index (κ3) is 3.32. The van der Waals surface area contributed by atoms with Gasteiger partial charge in [-0.05, 0) is 95.9 Å². The molecular formula is C39H31BO2S. The van der Waals surface area contributed by atoms with Crippen LogP contribution in [0.25, 0.3) is 43.5 Å². The molecular weight excluding hydrogens is 543 g/mol. The van der Waals surface area contributed by atoms with Crippen molar-refractivity contribution in [3.63, 3.8) is 0 Å². The second kappa shape index (κ2) is 8.57. The van der Waals surface area contributed by atoms with Crippen molar-refractivity contribution in [1.82, 2.24) is 0 Å². The Morgan fingerprint density at radius 1 is 0.535 bits per heavy atom. The molecule has 0 bridgehead atoms. The van der Waals surface area contributed by atoms with Crippen molar-refractivity contribution < 1.29 is 9.31 Å². The molecule has 43 heavy (non-hydrogen) atoms. The van der Waals surface area contributed by atoms with E-state index < -0.39 is 23.7 Å². The highest BCUT2D eigenvalue weighted by Gasteiger charge is 2.53. The quantitative estimate of drug-likeness (QED) is 0.182. The molecule has 1 aliphatic heterocycles. The standard InChI is InChI=1S/C39H31BO2S/c1-37(2)38(3,4)42-40(41-37)26-20-19-25-18-17-24-11-5-8-14-31(24)39(33(25)21-26)32-15-9-6-12-27(32)29-22-30-28-13-7-10-16-35(28)43-36(30)23-34(29)39/h5-23H,1-4H3. The van der Waals surface area contributed by atoms with Gasteiger partial charge in [0.1, 0.15) is 0 Å². The maximum absolute atomic E-state index is 6.58. The SMILES string of the molecule is CC1(C)OB(c2ccc3c(c2)C2(c4ccccc4C=C3)c3ccccc3-c3cc4c(cc32)sc2ccccc24)OC1(C)C. The van der Waals surface area contributed by atoms with Gasteiger partial charge in [0, 0.05) is 20.2 Å². The molecule has 2 heterocycles. The van der Waals surface area contributed by atoms with E-state index in [9.17, 15) is 0 Å². The van der Waals surface area contributed by atoms with Crippen LogP contribution in [0.2, 0.25) is 0 Å². The van der Waals surface area contributed by atoms with E-state index in [-0.39, 0.29) is 0 Å². The molecule has 4 heteroatoms. The Hall–Kier alpha value is -3.96. The first kappa shape index (κ1) is 25.5. The van der Waals surface area contributed by atoms with Crippen molar-refractivity contribution in [3.05, 3.63) is 137 Å². The van der Waals surface area contributed by atoms with Crippen LogP contribution in [-0.2, 0) is 14.7 Å². The highest BCUT2D eigenvalue weighted by molar-refractivity contribution is 7.25. The third-order valence-corrected chi connectivity index (χ3v) is 11.5. The summed E-state index contributed by atoms with van der Waals surface area (Å²) in [5, 5.41) is 2.66. The van der Waals surface area contributed by atoms with Crippen LogP contribution in [0.3, 0.4) is 0 Å². The first-order chi connectivity index (χ1) is 20.8. The largest absolute Gasteiger partial charge is 0.494 e. The molecule has 5 aromatic carbocycles. The van der Waals surface area contributed by atoms with E-state index in [1.807, 2.05) is 11.3 Å². The molecule has 208 valence electrons. The fourth-order valence-electron chi connectivity index (χ4n) is 7.55. The fraction of sp³-hybridized carbons (Fsp3) is 0.179. The fourth-order valence-corrected chi connectivity index (χ4v) is 8.68. The zero-order valence-corrected chi connectivity index (χ0v) is 25.6. The van der Waals surface area contributed by atoms with Gasteiger partial charge in [-0.3, -0.25) is 0 Å². The highest BCUT2D eigenvalue weighted by atomic mass is 32.1. The van der Waals surface area contributed by atoms with E-state index in [1.165, 1.54) is 64.7 Å². The van der Waals surface area contributed by atoms with Crippen LogP contribution in [-0.4, -0.2) is 18.3 Å². The van der Waals surface area contributed by atoms with Crippen LogP contribution in [0.5, 0.6) is 0 Å². The minimum Gasteiger partial charge on any atom is -0.399 e. The van der Waals surface area contributed by atoms with Crippen molar-refractivity contribution in [2.45, 2.75) is 44.3 Å². The molecule has 1 unspecified atom stereocenters. The minimum atomic E-state index is -0.495. The molecule has 0 N–H and O–H groups in total. The molecule has 0 saturated carbocycles. The highest BCUT2D eigenvalue weighted by Crippen LogP contribution is 2.59. The smallest absolute Gasteiger partial charge is 0.399 e. The van der Waals surface area contributed by atoms with Crippen LogP contribution in [0, 0.1) is 0 Å². The maximum Gasteiger partial charge on any atom is 0.494 e. The predicted octanol–water partition coefficient (Wildman–Crippen LogP) is 9.20. The Bertz CT molecular complexity index is 2150. The van der Waals surface area contributed by atoms with E-state index in [0.717, 1.165) is 5.46 Å². The molecule has 1 saturated heterocycles. The predicted molar refractivity (Wildman–Crippen MR) is 181 cm³/mol. The summed E-state index contributed by atoms with van der Waals surface area (Å²) in [7, 11) is -0.434. The van der Waals surface area contributed by atoms with Gasteiger partial charge >= 0.3 is 7.12 Å². The second-order valence-corrected chi connectivity index (χ2v) is 14.2. The number of thiophene rings is 1. The second-order valence-electron chi connectivity index (χ2n) is 13.1. The summed E-state index contributed by atoms with van der Waals surface area (Å²) in [6, 6.07) is 38.5. The first-order valence-electron chi connectivity index (χ1n) is 15.1. The molecule has 1 spiro atoms. The molecule has 3 aliphatic rings. The van der Waals surface area contributed by atoms with Gasteiger partial charge in [-0.25, -0.2) is 0 Å². The van der Waals surface area contributed by atoms with Gasteiger partial charge < -0.3 is 9.31 Å². The summed E-state index contributed by atoms with van der Waals surface area (Å²) >= 11 is 1.89. The lowest BCUT2D eigenvalue weighted by atomic mass is 9.64. The van der Waals surface area contributed by atoms with Gasteiger partial charge in [0.05, 0.1) is 16.6 Å². The lowest BCUT2D eigenvalue weighted by molar-refractivity contribution is 0.00578. The molecule has 0 radical (unpaired) electrons. The van der Waals surface area contributed by atoms with Gasteiger partial charge in [-0.1, -0.05) is 97.1 Å². The van der Waals surface area contributed by atoms with Crippen molar-refractivity contribution in [1.29, 1.82) is 0 Å². The molecule has 2 nitrogen and oxygen atoms in total. The monoisotopic (exact) mass is 574 g/mol. The van der Waals surface area contributed by atoms with Crippen LogP contribution in [0.4, 0.5) is 0 Å². The normalized spacial score (nSPS) is 20.7. The summed E-state index contributed by atoms with van der Waals surface area (Å²) in [4.78, 5) is 0. The lowest BCUT2D eigenvalue weighted by Gasteiger charge is -2.35. The van der Waals surface area contributed by atoms with Gasteiger partial charge in [-0.15, -0.1) is 11.3 Å². The Morgan fingerprint density at radius 2 is 1.21 bits per heavy atom. The number of hydrogen-bond donors (Lipinski definition) is 0. The Kier molecular flexibility index (Phi) is 5.09. The summed E-state index contributed by atoms with van der Waals surface area (Å²) in [5.74, 6) is 0. The third-order valence-electron chi connectivity index (χ3n) is 10.4. The average molecular weight is 575 g/mol. The lowest BCUT2D eigenvalue weighted by Crippen LogP contribution is -2.41. The van der Waals surface area contributed by atoms with E-state index in [2.05, 4.69) is 143 Å². The summed E-state index contributed by atoms with van der Waals surface area (Å²) in [6.45, 7) is 8.49. The van der Waals surface area contributed by atoms with Gasteiger partial charge in [0.25, 0.3) is 0 Å². The van der Waals surface area contributed by atoms with Gasteiger partial charge in [0.15, 0.2) is 0 Å². The summed E-state index contributed by atoms with van der Waals surface area (Å²) < 4.78 is 15.8. The van der Waals surface area contributed by atoms with E-state index in [1.54, 1.807) is 0 Å². The molecule has 9 rings (SSSR count). The Morgan fingerprint density at radius 3 is 2.02 bits per heavy atom. The average Bonchev–Trinajstić information content (AvgIpc) is 3.54. The minimum absolute atomic E-state index is 0.409. The van der Waals surface area contributed by atoms with Gasteiger partial charge in [-0.2, -0.15) is 0 Å². The Labute approximate surface area is 256 Å². The van der Waals surface area contributed by atoms with Crippen molar-refractivity contribution >= 4 is 56.2 Å². The zero-order valence-electron chi connectivity index (χ0n) is 24.8. The molecule has 1 fully saturated rings. The van der Waals surface area contributed by atoms with Crippen molar-refractivity contribution in [2.75, 3.05) is 0 Å². The van der Waals surface area contributed by atoms with E-state index >= 15 is 0 Å². The molecule has 6 aromatic rings. The van der Waals surface area contributed by atoms with E-state index in [0.29, 0.717) is 0 Å². The summed E-state index contributed by atoms with van der Waals surface area (Å²) in [6.07, 6.45) is 4.57. The van der Waals surface area contributed by atoms with Crippen molar-refractivity contribution in [3.8, 4) is 11.1 Å². The maximum atomic E-state index is 6.58. The van der Waals surface area contributed by atoms with Crippen molar-refractivity contribution in [2.24, 2.45) is 0 Å². The van der Waals surface area contributed by atoms with Crippen LogP contribution < -0.4 is 5.46 Å². The number of benzene rings is 5. The topological polar surface area (TPSA) is 18.5 Å². The number of rotatable bonds is 1. The first-order valence-corrected chi connectivity index (χ1v) is 15.9. The van der Waals surface area contributed by atoms with E-state index in [4.69, 9.17) is 9.31 Å². The van der Waals surface area contributed by atoms with Gasteiger partial charge in [0.2, 0.25) is 0 Å². The van der Waals surface area contributed by atoms with Crippen LogP contribution in [0.15, 0.2) is 103 Å². The molecule has 1 atom stereocenters. The summed E-state index contributed by atoms with van der Waals surface area (Å²) in [5.41, 5.74) is 10.1.